The summed E-state index contributed by atoms with van der Waals surface area (Å²) < 4.78 is 0. The number of hydrogen-bond acceptors (Lipinski definition) is 8. The molecule has 1 atom stereocenters. The fraction of sp³-hybridized carbons (Fsp3) is 0.353. The van der Waals surface area contributed by atoms with Crippen LogP contribution in [-0.4, -0.2) is 43.8 Å². The first-order valence-corrected chi connectivity index (χ1v) is 9.31. The van der Waals surface area contributed by atoms with Crippen molar-refractivity contribution in [1.82, 2.24) is 15.1 Å². The monoisotopic (exact) mass is 403 g/mol. The standard InChI is InChI=1S/C17H17N5O5S/c1-8(2)7-12-19-20-17(28-12)18-14(23)9(3)21-15(24)10-5-4-6-11(22(26)27)13(10)16(21)25/h4-6,8-9H,7H2,1-3H3,(H,18,20,23). The van der Waals surface area contributed by atoms with Crippen LogP contribution in [0.3, 0.4) is 0 Å². The average Bonchev–Trinajstić information content (AvgIpc) is 3.16. The van der Waals surface area contributed by atoms with Gasteiger partial charge in [-0.1, -0.05) is 31.3 Å². The lowest BCUT2D eigenvalue weighted by atomic mass is 10.1. The molecule has 0 aliphatic carbocycles. The summed E-state index contributed by atoms with van der Waals surface area (Å²) in [5.41, 5.74) is -0.852. The molecule has 1 aromatic carbocycles. The summed E-state index contributed by atoms with van der Waals surface area (Å²) in [5.74, 6) is -1.87. The highest BCUT2D eigenvalue weighted by Gasteiger charge is 2.44. The van der Waals surface area contributed by atoms with Crippen molar-refractivity contribution in [1.29, 1.82) is 0 Å². The molecule has 0 saturated heterocycles. The number of nitro benzene ring substituents is 1. The first kappa shape index (κ1) is 19.5. The molecule has 3 rings (SSSR count). The van der Waals surface area contributed by atoms with E-state index in [9.17, 15) is 24.5 Å². The van der Waals surface area contributed by atoms with Gasteiger partial charge in [-0.25, -0.2) is 0 Å². The summed E-state index contributed by atoms with van der Waals surface area (Å²) in [6, 6.07) is 2.63. The van der Waals surface area contributed by atoms with E-state index in [1.165, 1.54) is 30.4 Å². The highest BCUT2D eigenvalue weighted by molar-refractivity contribution is 7.15. The zero-order valence-corrected chi connectivity index (χ0v) is 16.1. The number of nitrogens with one attached hydrogen (secondary N) is 1. The number of anilines is 1. The van der Waals surface area contributed by atoms with Crippen LogP contribution < -0.4 is 5.32 Å². The lowest BCUT2D eigenvalue weighted by Gasteiger charge is -2.20. The highest BCUT2D eigenvalue weighted by atomic mass is 32.1. The molecule has 0 spiro atoms. The number of nitrogens with zero attached hydrogens (tertiary/aromatic N) is 4. The van der Waals surface area contributed by atoms with Gasteiger partial charge in [0.1, 0.15) is 16.6 Å². The molecule has 0 radical (unpaired) electrons. The van der Waals surface area contributed by atoms with Gasteiger partial charge in [-0.2, -0.15) is 0 Å². The molecule has 0 bridgehead atoms. The summed E-state index contributed by atoms with van der Waals surface area (Å²) in [5, 5.41) is 22.6. The van der Waals surface area contributed by atoms with E-state index in [2.05, 4.69) is 15.5 Å². The Morgan fingerprint density at radius 2 is 1.96 bits per heavy atom. The maximum absolute atomic E-state index is 12.7. The van der Waals surface area contributed by atoms with Gasteiger partial charge >= 0.3 is 0 Å². The van der Waals surface area contributed by atoms with E-state index in [0.29, 0.717) is 12.3 Å². The van der Waals surface area contributed by atoms with E-state index >= 15 is 0 Å². The van der Waals surface area contributed by atoms with Crippen molar-refractivity contribution >= 4 is 39.9 Å². The molecule has 28 heavy (non-hydrogen) atoms. The van der Waals surface area contributed by atoms with Gasteiger partial charge in [-0.05, 0) is 18.9 Å². The second-order valence-electron chi connectivity index (χ2n) is 6.70. The van der Waals surface area contributed by atoms with Crippen molar-refractivity contribution in [2.75, 3.05) is 5.32 Å². The molecule has 1 N–H and O–H groups in total. The first-order chi connectivity index (χ1) is 13.2. The van der Waals surface area contributed by atoms with Gasteiger partial charge in [-0.3, -0.25) is 34.7 Å². The molecule has 1 aromatic heterocycles. The fourth-order valence-electron chi connectivity index (χ4n) is 2.85. The quantitative estimate of drug-likeness (QED) is 0.444. The van der Waals surface area contributed by atoms with Crippen LogP contribution in [-0.2, 0) is 11.2 Å². The van der Waals surface area contributed by atoms with E-state index < -0.39 is 34.4 Å². The molecular weight excluding hydrogens is 386 g/mol. The van der Waals surface area contributed by atoms with Crippen molar-refractivity contribution < 1.29 is 19.3 Å². The average molecular weight is 403 g/mol. The molecule has 2 aromatic rings. The van der Waals surface area contributed by atoms with Gasteiger partial charge in [0.15, 0.2) is 0 Å². The summed E-state index contributed by atoms with van der Waals surface area (Å²) >= 11 is 1.21. The molecule has 146 valence electrons. The third kappa shape index (κ3) is 3.48. The van der Waals surface area contributed by atoms with Crippen LogP contribution in [0.25, 0.3) is 0 Å². The molecule has 0 saturated carbocycles. The maximum Gasteiger partial charge on any atom is 0.282 e. The lowest BCUT2D eigenvalue weighted by molar-refractivity contribution is -0.385. The molecule has 1 aliphatic heterocycles. The van der Waals surface area contributed by atoms with E-state index in [4.69, 9.17) is 0 Å². The fourth-order valence-corrected chi connectivity index (χ4v) is 3.81. The van der Waals surface area contributed by atoms with Crippen LogP contribution in [0.1, 0.15) is 46.5 Å². The van der Waals surface area contributed by atoms with Crippen LogP contribution in [0, 0.1) is 16.0 Å². The second-order valence-corrected chi connectivity index (χ2v) is 7.76. The van der Waals surface area contributed by atoms with Crippen LogP contribution in [0.2, 0.25) is 0 Å². The van der Waals surface area contributed by atoms with Crippen molar-refractivity contribution in [3.63, 3.8) is 0 Å². The lowest BCUT2D eigenvalue weighted by Crippen LogP contribution is -2.45. The predicted octanol–water partition coefficient (Wildman–Crippen LogP) is 2.27. The van der Waals surface area contributed by atoms with Crippen molar-refractivity contribution in [2.45, 2.75) is 33.2 Å². The summed E-state index contributed by atoms with van der Waals surface area (Å²) in [6.07, 6.45) is 0.713. The van der Waals surface area contributed by atoms with E-state index in [1.807, 2.05) is 13.8 Å². The summed E-state index contributed by atoms with van der Waals surface area (Å²) in [4.78, 5) is 48.9. The normalized spacial score (nSPS) is 14.4. The number of amides is 3. The van der Waals surface area contributed by atoms with Crippen LogP contribution >= 0.6 is 11.3 Å². The second kappa shape index (κ2) is 7.43. The van der Waals surface area contributed by atoms with Gasteiger partial charge in [0.2, 0.25) is 11.0 Å². The number of carbonyl (C=O) groups excluding carboxylic acids is 3. The Morgan fingerprint density at radius 3 is 2.61 bits per heavy atom. The highest BCUT2D eigenvalue weighted by Crippen LogP contribution is 2.32. The summed E-state index contributed by atoms with van der Waals surface area (Å²) in [6.45, 7) is 5.44. The molecule has 3 amide bonds. The van der Waals surface area contributed by atoms with Gasteiger partial charge in [-0.15, -0.1) is 10.2 Å². The Kier molecular flexibility index (Phi) is 5.18. The van der Waals surface area contributed by atoms with Crippen molar-refractivity contribution in [3.05, 3.63) is 44.4 Å². The molecule has 10 nitrogen and oxygen atoms in total. The van der Waals surface area contributed by atoms with Crippen LogP contribution in [0.5, 0.6) is 0 Å². The molecule has 11 heteroatoms. The smallest absolute Gasteiger partial charge is 0.282 e. The van der Waals surface area contributed by atoms with E-state index in [-0.39, 0.29) is 16.3 Å². The number of fused-ring (bicyclic) bond motifs is 1. The minimum absolute atomic E-state index is 0.0889. The SMILES string of the molecule is CC(C)Cc1nnc(NC(=O)C(C)N2C(=O)c3cccc([N+](=O)[O-])c3C2=O)s1. The minimum atomic E-state index is -1.18. The van der Waals surface area contributed by atoms with E-state index in [1.54, 1.807) is 0 Å². The Hall–Kier alpha value is -3.21. The zero-order chi connectivity index (χ0) is 20.6. The Labute approximate surface area is 163 Å². The Bertz CT molecular complexity index is 986. The van der Waals surface area contributed by atoms with Crippen molar-refractivity contribution in [2.24, 2.45) is 5.92 Å². The Morgan fingerprint density at radius 1 is 1.25 bits per heavy atom. The molecular formula is C17H17N5O5S. The zero-order valence-electron chi connectivity index (χ0n) is 15.3. The molecule has 0 fully saturated rings. The van der Waals surface area contributed by atoms with Gasteiger partial charge < -0.3 is 0 Å². The predicted molar refractivity (Wildman–Crippen MR) is 100 cm³/mol. The largest absolute Gasteiger partial charge is 0.299 e. The minimum Gasteiger partial charge on any atom is -0.299 e. The van der Waals surface area contributed by atoms with Crippen LogP contribution in [0.15, 0.2) is 18.2 Å². The van der Waals surface area contributed by atoms with E-state index in [0.717, 1.165) is 16.0 Å². The van der Waals surface area contributed by atoms with Gasteiger partial charge in [0.05, 0.1) is 10.5 Å². The number of carbonyl (C=O) groups is 3. The molecule has 1 unspecified atom stereocenters. The Balaban J connectivity index is 1.80. The number of hydrogen-bond donors (Lipinski definition) is 1. The van der Waals surface area contributed by atoms with Crippen LogP contribution in [0.4, 0.5) is 10.8 Å². The van der Waals surface area contributed by atoms with Gasteiger partial charge in [0.25, 0.3) is 17.5 Å². The third-order valence-electron chi connectivity index (χ3n) is 4.17. The summed E-state index contributed by atoms with van der Waals surface area (Å²) in [7, 11) is 0. The number of rotatable bonds is 6. The number of aromatic nitrogens is 2. The maximum atomic E-state index is 12.7. The molecule has 1 aliphatic rings. The van der Waals surface area contributed by atoms with Gasteiger partial charge in [0, 0.05) is 12.5 Å². The first-order valence-electron chi connectivity index (χ1n) is 8.49. The number of imide groups is 1. The van der Waals surface area contributed by atoms with Crippen molar-refractivity contribution in [3.8, 4) is 0 Å². The molecule has 2 heterocycles. The number of nitro groups is 1. The number of benzene rings is 1. The third-order valence-corrected chi connectivity index (χ3v) is 5.03. The topological polar surface area (TPSA) is 135 Å².